The highest BCUT2D eigenvalue weighted by Crippen LogP contribution is 2.72. The van der Waals surface area contributed by atoms with Gasteiger partial charge in [-0.25, -0.2) is 0 Å². The van der Waals surface area contributed by atoms with Gasteiger partial charge in [0.2, 0.25) is 0 Å². The molecule has 0 spiro atoms. The molecule has 1 atom stereocenters. The average molecular weight is 330 g/mol. The Labute approximate surface area is 123 Å². The fourth-order valence-corrected chi connectivity index (χ4v) is 4.80. The van der Waals surface area contributed by atoms with Gasteiger partial charge in [0.1, 0.15) is 0 Å². The maximum Gasteiger partial charge on any atom is 0.0701 e. The summed E-state index contributed by atoms with van der Waals surface area (Å²) < 4.78 is 1.23. The quantitative estimate of drug-likeness (QED) is 0.779. The van der Waals surface area contributed by atoms with Gasteiger partial charge >= 0.3 is 0 Å². The molecule has 1 heterocycles. The predicted octanol–water partition coefficient (Wildman–Crippen LogP) is 5.23. The van der Waals surface area contributed by atoms with E-state index in [-0.39, 0.29) is 0 Å². The number of rotatable bonds is 5. The first-order chi connectivity index (χ1) is 8.32. The van der Waals surface area contributed by atoms with Crippen molar-refractivity contribution in [2.45, 2.75) is 47.1 Å². The standard InChI is InChI=1S/C15H24BrNS/c1-6-9-17-12(10-7-8-11(16)18-10)13-14(2,3)15(13,4)5/h7-8,12-13,17H,6,9H2,1-5H3. The van der Waals surface area contributed by atoms with Crippen LogP contribution in [0.1, 0.15) is 52.0 Å². The number of nitrogens with one attached hydrogen (secondary N) is 1. The molecule has 2 rings (SSSR count). The van der Waals surface area contributed by atoms with E-state index in [0.29, 0.717) is 16.9 Å². The topological polar surface area (TPSA) is 12.0 Å². The molecule has 18 heavy (non-hydrogen) atoms. The van der Waals surface area contributed by atoms with Gasteiger partial charge in [0.05, 0.1) is 3.79 Å². The lowest BCUT2D eigenvalue weighted by atomic mass is 10.0. The van der Waals surface area contributed by atoms with Gasteiger partial charge in [-0.05, 0) is 57.8 Å². The summed E-state index contributed by atoms with van der Waals surface area (Å²) in [4.78, 5) is 1.47. The van der Waals surface area contributed by atoms with Crippen LogP contribution in [0.5, 0.6) is 0 Å². The van der Waals surface area contributed by atoms with Crippen LogP contribution in [0.15, 0.2) is 15.9 Å². The highest BCUT2D eigenvalue weighted by Gasteiger charge is 2.67. The minimum Gasteiger partial charge on any atom is -0.309 e. The molecule has 3 heteroatoms. The number of thiophene rings is 1. The summed E-state index contributed by atoms with van der Waals surface area (Å²) in [5, 5.41) is 3.76. The molecule has 0 saturated heterocycles. The first-order valence-corrected chi connectivity index (χ1v) is 8.42. The van der Waals surface area contributed by atoms with Crippen molar-refractivity contribution in [2.24, 2.45) is 16.7 Å². The van der Waals surface area contributed by atoms with Crippen LogP contribution in [-0.2, 0) is 0 Å². The molecule has 1 unspecified atom stereocenters. The molecule has 1 aliphatic carbocycles. The summed E-state index contributed by atoms with van der Waals surface area (Å²) in [6.07, 6.45) is 1.19. The SMILES string of the molecule is CCCNC(c1ccc(Br)s1)C1C(C)(C)C1(C)C. The van der Waals surface area contributed by atoms with Gasteiger partial charge in [0.15, 0.2) is 0 Å². The Morgan fingerprint density at radius 2 is 1.89 bits per heavy atom. The molecule has 1 aliphatic rings. The van der Waals surface area contributed by atoms with E-state index < -0.39 is 0 Å². The van der Waals surface area contributed by atoms with Gasteiger partial charge in [-0.2, -0.15) is 0 Å². The molecule has 0 aliphatic heterocycles. The maximum atomic E-state index is 3.76. The van der Waals surface area contributed by atoms with Gasteiger partial charge in [0.25, 0.3) is 0 Å². The fourth-order valence-electron chi connectivity index (χ4n) is 3.26. The zero-order chi connectivity index (χ0) is 13.6. The molecule has 102 valence electrons. The smallest absolute Gasteiger partial charge is 0.0701 e. The lowest BCUT2D eigenvalue weighted by Crippen LogP contribution is -2.25. The van der Waals surface area contributed by atoms with Crippen LogP contribution in [0, 0.1) is 16.7 Å². The molecule has 1 N–H and O–H groups in total. The molecule has 1 fully saturated rings. The van der Waals surface area contributed by atoms with E-state index in [1.54, 1.807) is 0 Å². The van der Waals surface area contributed by atoms with Crippen LogP contribution in [0.4, 0.5) is 0 Å². The largest absolute Gasteiger partial charge is 0.309 e. The van der Waals surface area contributed by atoms with E-state index in [0.717, 1.165) is 12.5 Å². The van der Waals surface area contributed by atoms with Crippen LogP contribution in [0.3, 0.4) is 0 Å². The third-order valence-corrected chi connectivity index (χ3v) is 6.69. The van der Waals surface area contributed by atoms with Gasteiger partial charge < -0.3 is 5.32 Å². The molecule has 1 nitrogen and oxygen atoms in total. The summed E-state index contributed by atoms with van der Waals surface area (Å²) in [5.41, 5.74) is 0.851. The summed E-state index contributed by atoms with van der Waals surface area (Å²) in [5.74, 6) is 0.724. The molecule has 0 radical (unpaired) electrons. The van der Waals surface area contributed by atoms with Crippen molar-refractivity contribution in [1.82, 2.24) is 5.32 Å². The zero-order valence-electron chi connectivity index (χ0n) is 12.0. The number of halogens is 1. The fraction of sp³-hybridized carbons (Fsp3) is 0.733. The van der Waals surface area contributed by atoms with Crippen LogP contribution < -0.4 is 5.32 Å². The summed E-state index contributed by atoms with van der Waals surface area (Å²) in [6, 6.07) is 4.95. The second kappa shape index (κ2) is 4.92. The van der Waals surface area contributed by atoms with Crippen molar-refractivity contribution in [1.29, 1.82) is 0 Å². The highest BCUT2D eigenvalue weighted by molar-refractivity contribution is 9.11. The normalized spacial score (nSPS) is 23.0. The predicted molar refractivity (Wildman–Crippen MR) is 84.1 cm³/mol. The minimum absolute atomic E-state index is 0.425. The Kier molecular flexibility index (Phi) is 3.97. The first-order valence-electron chi connectivity index (χ1n) is 6.81. The van der Waals surface area contributed by atoms with Crippen LogP contribution >= 0.6 is 27.3 Å². The summed E-state index contributed by atoms with van der Waals surface area (Å²) >= 11 is 5.46. The van der Waals surface area contributed by atoms with Crippen LogP contribution in [-0.4, -0.2) is 6.54 Å². The second-order valence-corrected chi connectivity index (χ2v) is 8.99. The van der Waals surface area contributed by atoms with Gasteiger partial charge in [-0.15, -0.1) is 11.3 Å². The third kappa shape index (κ3) is 2.30. The van der Waals surface area contributed by atoms with E-state index in [2.05, 4.69) is 68.0 Å². The number of hydrogen-bond acceptors (Lipinski definition) is 2. The molecule has 0 amide bonds. The van der Waals surface area contributed by atoms with Crippen molar-refractivity contribution in [3.05, 3.63) is 20.8 Å². The van der Waals surface area contributed by atoms with Crippen molar-refractivity contribution < 1.29 is 0 Å². The Morgan fingerprint density at radius 3 is 2.28 bits per heavy atom. The molecule has 1 aromatic rings. The lowest BCUT2D eigenvalue weighted by molar-refractivity contribution is 0.415. The lowest BCUT2D eigenvalue weighted by Gasteiger charge is -2.19. The molecule has 1 aromatic heterocycles. The monoisotopic (exact) mass is 329 g/mol. The van der Waals surface area contributed by atoms with E-state index in [9.17, 15) is 0 Å². The molecule has 1 saturated carbocycles. The number of hydrogen-bond donors (Lipinski definition) is 1. The van der Waals surface area contributed by atoms with E-state index in [4.69, 9.17) is 0 Å². The van der Waals surface area contributed by atoms with E-state index >= 15 is 0 Å². The van der Waals surface area contributed by atoms with Gasteiger partial charge in [-0.3, -0.25) is 0 Å². The van der Waals surface area contributed by atoms with E-state index in [1.807, 2.05) is 11.3 Å². The molecular formula is C15H24BrNS. The summed E-state index contributed by atoms with van der Waals surface area (Å²) in [6.45, 7) is 12.9. The Morgan fingerprint density at radius 1 is 1.28 bits per heavy atom. The maximum absolute atomic E-state index is 3.76. The third-order valence-electron chi connectivity index (χ3n) is 4.98. The molecular weight excluding hydrogens is 306 g/mol. The Bertz CT molecular complexity index is 408. The Balaban J connectivity index is 2.22. The van der Waals surface area contributed by atoms with Gasteiger partial charge in [0, 0.05) is 10.9 Å². The molecule has 0 bridgehead atoms. The highest BCUT2D eigenvalue weighted by atomic mass is 79.9. The van der Waals surface area contributed by atoms with Crippen LogP contribution in [0.25, 0.3) is 0 Å². The zero-order valence-corrected chi connectivity index (χ0v) is 14.4. The Hall–Kier alpha value is 0.140. The van der Waals surface area contributed by atoms with Crippen LogP contribution in [0.2, 0.25) is 0 Å². The first kappa shape index (κ1) is 14.5. The van der Waals surface area contributed by atoms with Crippen molar-refractivity contribution in [2.75, 3.05) is 6.54 Å². The van der Waals surface area contributed by atoms with Crippen molar-refractivity contribution in [3.8, 4) is 0 Å². The van der Waals surface area contributed by atoms with E-state index in [1.165, 1.54) is 15.1 Å². The summed E-state index contributed by atoms with van der Waals surface area (Å²) in [7, 11) is 0. The molecule has 0 aromatic carbocycles. The minimum atomic E-state index is 0.425. The van der Waals surface area contributed by atoms with Gasteiger partial charge in [-0.1, -0.05) is 34.6 Å². The second-order valence-electron chi connectivity index (χ2n) is 6.49. The van der Waals surface area contributed by atoms with Crippen molar-refractivity contribution in [3.63, 3.8) is 0 Å². The van der Waals surface area contributed by atoms with Crippen molar-refractivity contribution >= 4 is 27.3 Å². The average Bonchev–Trinajstić information content (AvgIpc) is 2.64.